The van der Waals surface area contributed by atoms with E-state index < -0.39 is 0 Å². The first-order valence-electron chi connectivity index (χ1n) is 5.86. The molecule has 0 radical (unpaired) electrons. The van der Waals surface area contributed by atoms with Crippen LogP contribution in [0.2, 0.25) is 5.02 Å². The second kappa shape index (κ2) is 6.19. The van der Waals surface area contributed by atoms with Gasteiger partial charge in [-0.3, -0.25) is 0 Å². The van der Waals surface area contributed by atoms with Crippen molar-refractivity contribution >= 4 is 29.0 Å². The van der Waals surface area contributed by atoms with Crippen molar-refractivity contribution in [1.82, 2.24) is 5.32 Å². The average molecular weight is 278 g/mol. The number of nitrogens with one attached hydrogen (secondary N) is 1. The Balaban J connectivity index is 2.20. The fourth-order valence-electron chi connectivity index (χ4n) is 1.77. The van der Waals surface area contributed by atoms with Crippen LogP contribution in [-0.2, 0) is 0 Å². The first-order chi connectivity index (χ1) is 8.69. The molecule has 0 saturated heterocycles. The second-order valence-electron chi connectivity index (χ2n) is 4.23. The monoisotopic (exact) mass is 277 g/mol. The number of rotatable bonds is 4. The highest BCUT2D eigenvalue weighted by Crippen LogP contribution is 2.30. The van der Waals surface area contributed by atoms with E-state index in [2.05, 4.69) is 42.6 Å². The lowest BCUT2D eigenvalue weighted by atomic mass is 10.2. The summed E-state index contributed by atoms with van der Waals surface area (Å²) in [5.74, 6) is 0. The standard InChI is InChI=1S/C15H16ClNS/c1-11(10-17-2)9-14-7-8-15(18-14)12-3-5-13(16)6-4-12/h3-9,17H,10H2,1-2H3. The molecule has 0 bridgehead atoms. The summed E-state index contributed by atoms with van der Waals surface area (Å²) in [5.41, 5.74) is 2.55. The maximum absolute atomic E-state index is 5.89. The minimum absolute atomic E-state index is 0.778. The van der Waals surface area contributed by atoms with Crippen LogP contribution >= 0.6 is 22.9 Å². The van der Waals surface area contributed by atoms with Crippen molar-refractivity contribution < 1.29 is 0 Å². The fourth-order valence-corrected chi connectivity index (χ4v) is 2.94. The minimum Gasteiger partial charge on any atom is -0.316 e. The Labute approximate surface area is 117 Å². The van der Waals surface area contributed by atoms with Crippen molar-refractivity contribution in [2.75, 3.05) is 13.6 Å². The fraction of sp³-hybridized carbons (Fsp3) is 0.200. The number of halogens is 1. The molecule has 1 heterocycles. The van der Waals surface area contributed by atoms with E-state index in [0.29, 0.717) is 0 Å². The molecule has 94 valence electrons. The molecule has 1 nitrogen and oxygen atoms in total. The number of likely N-dealkylation sites (N-methyl/N-ethyl adjacent to an activating group) is 1. The van der Waals surface area contributed by atoms with E-state index in [1.165, 1.54) is 20.9 Å². The lowest BCUT2D eigenvalue weighted by Crippen LogP contribution is -2.08. The zero-order valence-electron chi connectivity index (χ0n) is 10.5. The van der Waals surface area contributed by atoms with Gasteiger partial charge in [-0.1, -0.05) is 29.3 Å². The first-order valence-corrected chi connectivity index (χ1v) is 7.06. The summed E-state index contributed by atoms with van der Waals surface area (Å²) in [6.07, 6.45) is 2.22. The number of hydrogen-bond donors (Lipinski definition) is 1. The van der Waals surface area contributed by atoms with Crippen molar-refractivity contribution in [3.63, 3.8) is 0 Å². The van der Waals surface area contributed by atoms with Crippen LogP contribution < -0.4 is 5.32 Å². The highest BCUT2D eigenvalue weighted by Gasteiger charge is 2.01. The van der Waals surface area contributed by atoms with Crippen molar-refractivity contribution in [2.24, 2.45) is 0 Å². The van der Waals surface area contributed by atoms with E-state index in [0.717, 1.165) is 11.6 Å². The number of benzene rings is 1. The Morgan fingerprint density at radius 1 is 1.22 bits per heavy atom. The molecular weight excluding hydrogens is 262 g/mol. The van der Waals surface area contributed by atoms with Gasteiger partial charge in [-0.15, -0.1) is 11.3 Å². The topological polar surface area (TPSA) is 12.0 Å². The number of thiophene rings is 1. The molecule has 2 aromatic rings. The minimum atomic E-state index is 0.778. The lowest BCUT2D eigenvalue weighted by Gasteiger charge is -1.98. The quantitative estimate of drug-likeness (QED) is 0.855. The summed E-state index contributed by atoms with van der Waals surface area (Å²) < 4.78 is 0. The maximum atomic E-state index is 5.89. The van der Waals surface area contributed by atoms with Gasteiger partial charge in [-0.05, 0) is 49.9 Å². The van der Waals surface area contributed by atoms with Crippen LogP contribution in [0.1, 0.15) is 11.8 Å². The van der Waals surface area contributed by atoms with Crippen LogP contribution in [0, 0.1) is 0 Å². The van der Waals surface area contributed by atoms with Gasteiger partial charge >= 0.3 is 0 Å². The molecule has 0 spiro atoms. The predicted molar refractivity (Wildman–Crippen MR) is 82.3 cm³/mol. The Morgan fingerprint density at radius 2 is 1.94 bits per heavy atom. The van der Waals surface area contributed by atoms with Gasteiger partial charge in [0.25, 0.3) is 0 Å². The average Bonchev–Trinajstić information content (AvgIpc) is 2.78. The Bertz CT molecular complexity index is 540. The van der Waals surface area contributed by atoms with E-state index in [4.69, 9.17) is 11.6 Å². The molecule has 2 rings (SSSR count). The molecule has 0 fully saturated rings. The van der Waals surface area contributed by atoms with Gasteiger partial charge in [0.2, 0.25) is 0 Å². The van der Waals surface area contributed by atoms with Crippen molar-refractivity contribution in [2.45, 2.75) is 6.92 Å². The van der Waals surface area contributed by atoms with Gasteiger partial charge in [-0.25, -0.2) is 0 Å². The molecule has 0 amide bonds. The summed E-state index contributed by atoms with van der Waals surface area (Å²) in [6, 6.07) is 12.3. The van der Waals surface area contributed by atoms with E-state index >= 15 is 0 Å². The summed E-state index contributed by atoms with van der Waals surface area (Å²) in [5, 5.41) is 3.93. The van der Waals surface area contributed by atoms with Crippen LogP contribution in [0.15, 0.2) is 42.0 Å². The van der Waals surface area contributed by atoms with Crippen LogP contribution in [0.3, 0.4) is 0 Å². The normalized spacial score (nSPS) is 11.8. The van der Waals surface area contributed by atoms with Gasteiger partial charge < -0.3 is 5.32 Å². The molecule has 0 unspecified atom stereocenters. The molecule has 0 saturated carbocycles. The van der Waals surface area contributed by atoms with Gasteiger partial charge in [0, 0.05) is 21.3 Å². The van der Waals surface area contributed by atoms with E-state index in [-0.39, 0.29) is 0 Å². The Morgan fingerprint density at radius 3 is 2.61 bits per heavy atom. The van der Waals surface area contributed by atoms with Crippen LogP contribution in [0.4, 0.5) is 0 Å². The van der Waals surface area contributed by atoms with Crippen molar-refractivity contribution in [3.05, 3.63) is 51.9 Å². The molecule has 0 atom stereocenters. The molecule has 0 aliphatic rings. The Kier molecular flexibility index (Phi) is 4.59. The van der Waals surface area contributed by atoms with E-state index in [1.807, 2.05) is 19.2 Å². The van der Waals surface area contributed by atoms with Crippen LogP contribution in [-0.4, -0.2) is 13.6 Å². The largest absolute Gasteiger partial charge is 0.316 e. The molecule has 18 heavy (non-hydrogen) atoms. The number of hydrogen-bond acceptors (Lipinski definition) is 2. The third-order valence-electron chi connectivity index (χ3n) is 2.60. The highest BCUT2D eigenvalue weighted by atomic mass is 35.5. The smallest absolute Gasteiger partial charge is 0.0406 e. The predicted octanol–water partition coefficient (Wildman–Crippen LogP) is 4.69. The summed E-state index contributed by atoms with van der Waals surface area (Å²) in [6.45, 7) is 3.06. The zero-order valence-corrected chi connectivity index (χ0v) is 12.1. The molecular formula is C15H16ClNS. The molecule has 0 aliphatic carbocycles. The summed E-state index contributed by atoms with van der Waals surface area (Å²) in [7, 11) is 1.96. The lowest BCUT2D eigenvalue weighted by molar-refractivity contribution is 0.885. The van der Waals surface area contributed by atoms with Crippen LogP contribution in [0.25, 0.3) is 16.5 Å². The van der Waals surface area contributed by atoms with Gasteiger partial charge in [0.05, 0.1) is 0 Å². The van der Waals surface area contributed by atoms with Gasteiger partial charge in [0.15, 0.2) is 0 Å². The first kappa shape index (κ1) is 13.3. The zero-order chi connectivity index (χ0) is 13.0. The summed E-state index contributed by atoms with van der Waals surface area (Å²) in [4.78, 5) is 2.56. The summed E-state index contributed by atoms with van der Waals surface area (Å²) >= 11 is 7.69. The van der Waals surface area contributed by atoms with Crippen LogP contribution in [0.5, 0.6) is 0 Å². The van der Waals surface area contributed by atoms with Crippen molar-refractivity contribution in [3.8, 4) is 10.4 Å². The Hall–Kier alpha value is -1.09. The third kappa shape index (κ3) is 3.45. The third-order valence-corrected chi connectivity index (χ3v) is 3.93. The molecule has 3 heteroatoms. The molecule has 1 aromatic heterocycles. The van der Waals surface area contributed by atoms with Gasteiger partial charge in [0.1, 0.15) is 0 Å². The van der Waals surface area contributed by atoms with Gasteiger partial charge in [-0.2, -0.15) is 0 Å². The maximum Gasteiger partial charge on any atom is 0.0406 e. The second-order valence-corrected chi connectivity index (χ2v) is 5.78. The highest BCUT2D eigenvalue weighted by molar-refractivity contribution is 7.16. The van der Waals surface area contributed by atoms with E-state index in [9.17, 15) is 0 Å². The van der Waals surface area contributed by atoms with E-state index in [1.54, 1.807) is 11.3 Å². The molecule has 0 aliphatic heterocycles. The molecule has 1 aromatic carbocycles. The SMILES string of the molecule is CNCC(C)=Cc1ccc(-c2ccc(Cl)cc2)s1. The molecule has 1 N–H and O–H groups in total. The van der Waals surface area contributed by atoms with Crippen molar-refractivity contribution in [1.29, 1.82) is 0 Å².